The number of aliphatic hydroxyl groups is 1. The Hall–Kier alpha value is -2.95. The first-order valence-corrected chi connectivity index (χ1v) is 9.15. The van der Waals surface area contributed by atoms with E-state index < -0.39 is 0 Å². The second-order valence-electron chi connectivity index (χ2n) is 6.76. The van der Waals surface area contributed by atoms with Gasteiger partial charge >= 0.3 is 0 Å². The molecule has 1 aliphatic rings. The summed E-state index contributed by atoms with van der Waals surface area (Å²) in [5.41, 5.74) is 6.75. The predicted molar refractivity (Wildman–Crippen MR) is 108 cm³/mol. The minimum atomic E-state index is -0.0775. The lowest BCUT2D eigenvalue weighted by Gasteiger charge is -2.15. The van der Waals surface area contributed by atoms with Crippen LogP contribution in [0.15, 0.2) is 72.8 Å². The van der Waals surface area contributed by atoms with Gasteiger partial charge in [-0.2, -0.15) is 0 Å². The van der Waals surface area contributed by atoms with E-state index in [4.69, 9.17) is 5.11 Å². The van der Waals surface area contributed by atoms with Crippen molar-refractivity contribution in [3.63, 3.8) is 0 Å². The van der Waals surface area contributed by atoms with Gasteiger partial charge < -0.3 is 15.7 Å². The van der Waals surface area contributed by atoms with E-state index in [0.29, 0.717) is 6.54 Å². The lowest BCUT2D eigenvalue weighted by molar-refractivity contribution is -0.115. The average Bonchev–Trinajstić information content (AvgIpc) is 3.03. The molecule has 1 amide bonds. The van der Waals surface area contributed by atoms with Crippen molar-refractivity contribution in [3.05, 3.63) is 89.5 Å². The van der Waals surface area contributed by atoms with E-state index in [2.05, 4.69) is 59.2 Å². The Morgan fingerprint density at radius 3 is 2.04 bits per heavy atom. The molecule has 27 heavy (non-hydrogen) atoms. The maximum absolute atomic E-state index is 12.2. The summed E-state index contributed by atoms with van der Waals surface area (Å²) in [4.78, 5) is 12.2. The van der Waals surface area contributed by atoms with Gasteiger partial charge in [-0.25, -0.2) is 0 Å². The van der Waals surface area contributed by atoms with Crippen LogP contribution in [0.25, 0.3) is 11.1 Å². The first kappa shape index (κ1) is 17.5. The molecule has 0 saturated carbocycles. The summed E-state index contributed by atoms with van der Waals surface area (Å²) < 4.78 is 0. The highest BCUT2D eigenvalue weighted by atomic mass is 16.3. The molecule has 0 aliphatic heterocycles. The highest BCUT2D eigenvalue weighted by Gasteiger charge is 2.27. The fourth-order valence-corrected chi connectivity index (χ4v) is 3.71. The second kappa shape index (κ2) is 7.74. The van der Waals surface area contributed by atoms with E-state index in [1.165, 1.54) is 22.3 Å². The molecule has 0 spiro atoms. The van der Waals surface area contributed by atoms with Crippen molar-refractivity contribution in [1.29, 1.82) is 0 Å². The van der Waals surface area contributed by atoms with Crippen LogP contribution in [0.4, 0.5) is 5.69 Å². The fraction of sp³-hybridized carbons (Fsp3) is 0.174. The molecule has 0 saturated heterocycles. The summed E-state index contributed by atoms with van der Waals surface area (Å²) in [7, 11) is 0. The standard InChI is InChI=1S/C23H22N2O2/c26-15-16-9-11-17(12-10-16)25-23(27)14-24-13-22-20-7-3-1-5-18(20)19-6-2-4-8-21(19)22/h1-12,22,24,26H,13-15H2,(H,25,27). The van der Waals surface area contributed by atoms with Crippen molar-refractivity contribution >= 4 is 11.6 Å². The number of hydrogen-bond donors (Lipinski definition) is 3. The highest BCUT2D eigenvalue weighted by molar-refractivity contribution is 5.92. The van der Waals surface area contributed by atoms with Crippen molar-refractivity contribution in [2.75, 3.05) is 18.4 Å². The smallest absolute Gasteiger partial charge is 0.238 e. The molecule has 4 heteroatoms. The summed E-state index contributed by atoms with van der Waals surface area (Å²) >= 11 is 0. The van der Waals surface area contributed by atoms with Crippen LogP contribution >= 0.6 is 0 Å². The number of carbonyl (C=O) groups is 1. The summed E-state index contributed by atoms with van der Waals surface area (Å²) in [6.45, 7) is 0.966. The number of nitrogens with one attached hydrogen (secondary N) is 2. The number of benzene rings is 3. The quantitative estimate of drug-likeness (QED) is 0.632. The summed E-state index contributed by atoms with van der Waals surface area (Å²) in [5.74, 6) is 0.181. The molecule has 3 aromatic rings. The van der Waals surface area contributed by atoms with Crippen molar-refractivity contribution in [2.45, 2.75) is 12.5 Å². The summed E-state index contributed by atoms with van der Waals surface area (Å²) in [6.07, 6.45) is 0. The SMILES string of the molecule is O=C(CNCC1c2ccccc2-c2ccccc21)Nc1ccc(CO)cc1. The summed E-state index contributed by atoms with van der Waals surface area (Å²) in [6, 6.07) is 24.1. The van der Waals surface area contributed by atoms with Gasteiger partial charge in [-0.15, -0.1) is 0 Å². The molecule has 0 heterocycles. The third-order valence-corrected chi connectivity index (χ3v) is 5.02. The number of fused-ring (bicyclic) bond motifs is 3. The number of hydrogen-bond acceptors (Lipinski definition) is 3. The first-order chi connectivity index (χ1) is 13.3. The van der Waals surface area contributed by atoms with Gasteiger partial charge in [0.2, 0.25) is 5.91 Å². The van der Waals surface area contributed by atoms with E-state index in [-0.39, 0.29) is 25.0 Å². The average molecular weight is 358 g/mol. The van der Waals surface area contributed by atoms with Crippen molar-refractivity contribution in [2.24, 2.45) is 0 Å². The normalized spacial score (nSPS) is 12.5. The topological polar surface area (TPSA) is 61.4 Å². The third-order valence-electron chi connectivity index (χ3n) is 5.02. The van der Waals surface area contributed by atoms with Crippen LogP contribution in [-0.4, -0.2) is 24.1 Å². The Labute approximate surface area is 158 Å². The van der Waals surface area contributed by atoms with Crippen molar-refractivity contribution < 1.29 is 9.90 Å². The van der Waals surface area contributed by atoms with E-state index >= 15 is 0 Å². The van der Waals surface area contributed by atoms with Crippen LogP contribution < -0.4 is 10.6 Å². The van der Waals surface area contributed by atoms with Crippen LogP contribution in [0, 0.1) is 0 Å². The van der Waals surface area contributed by atoms with E-state index in [1.807, 2.05) is 0 Å². The number of anilines is 1. The van der Waals surface area contributed by atoms with Crippen LogP contribution in [0.2, 0.25) is 0 Å². The zero-order chi connectivity index (χ0) is 18.6. The Morgan fingerprint density at radius 2 is 1.44 bits per heavy atom. The lowest BCUT2D eigenvalue weighted by atomic mass is 9.97. The third kappa shape index (κ3) is 3.63. The first-order valence-electron chi connectivity index (χ1n) is 9.15. The van der Waals surface area contributed by atoms with Crippen LogP contribution in [0.1, 0.15) is 22.6 Å². The lowest BCUT2D eigenvalue weighted by Crippen LogP contribution is -2.31. The number of amides is 1. The molecule has 136 valence electrons. The van der Waals surface area contributed by atoms with E-state index in [9.17, 15) is 4.79 Å². The van der Waals surface area contributed by atoms with Crippen molar-refractivity contribution in [3.8, 4) is 11.1 Å². The van der Waals surface area contributed by atoms with Gasteiger partial charge in [0.25, 0.3) is 0 Å². The van der Waals surface area contributed by atoms with Gasteiger partial charge in [0.05, 0.1) is 13.2 Å². The van der Waals surface area contributed by atoms with Crippen LogP contribution in [0.5, 0.6) is 0 Å². The van der Waals surface area contributed by atoms with E-state index in [0.717, 1.165) is 11.3 Å². The Morgan fingerprint density at radius 1 is 0.852 bits per heavy atom. The molecule has 4 rings (SSSR count). The maximum atomic E-state index is 12.2. The molecular weight excluding hydrogens is 336 g/mol. The second-order valence-corrected chi connectivity index (χ2v) is 6.76. The molecule has 3 aromatic carbocycles. The fourth-order valence-electron chi connectivity index (χ4n) is 3.71. The van der Waals surface area contributed by atoms with Gasteiger partial charge in [0.1, 0.15) is 0 Å². The Balaban J connectivity index is 1.38. The molecule has 0 aromatic heterocycles. The molecule has 3 N–H and O–H groups in total. The molecule has 0 atom stereocenters. The zero-order valence-corrected chi connectivity index (χ0v) is 15.0. The molecule has 0 radical (unpaired) electrons. The summed E-state index contributed by atoms with van der Waals surface area (Å²) in [5, 5.41) is 15.2. The molecule has 0 fully saturated rings. The van der Waals surface area contributed by atoms with Crippen LogP contribution in [0.3, 0.4) is 0 Å². The minimum absolute atomic E-state index is 0.000118. The maximum Gasteiger partial charge on any atom is 0.238 e. The van der Waals surface area contributed by atoms with Crippen LogP contribution in [-0.2, 0) is 11.4 Å². The number of aliphatic hydroxyl groups excluding tert-OH is 1. The van der Waals surface area contributed by atoms with Gasteiger partial charge in [-0.3, -0.25) is 4.79 Å². The van der Waals surface area contributed by atoms with E-state index in [1.54, 1.807) is 24.3 Å². The largest absolute Gasteiger partial charge is 0.392 e. The van der Waals surface area contributed by atoms with Gasteiger partial charge in [0, 0.05) is 18.2 Å². The molecular formula is C23H22N2O2. The van der Waals surface area contributed by atoms with Gasteiger partial charge in [0.15, 0.2) is 0 Å². The monoisotopic (exact) mass is 358 g/mol. The molecule has 0 bridgehead atoms. The Kier molecular flexibility index (Phi) is 5.01. The Bertz CT molecular complexity index is 905. The van der Waals surface area contributed by atoms with Crippen molar-refractivity contribution in [1.82, 2.24) is 5.32 Å². The highest BCUT2D eigenvalue weighted by Crippen LogP contribution is 2.43. The molecule has 4 nitrogen and oxygen atoms in total. The zero-order valence-electron chi connectivity index (χ0n) is 15.0. The van der Waals surface area contributed by atoms with Gasteiger partial charge in [-0.05, 0) is 39.9 Å². The predicted octanol–water partition coefficient (Wildman–Crippen LogP) is 3.52. The minimum Gasteiger partial charge on any atom is -0.392 e. The number of rotatable bonds is 6. The molecule has 1 aliphatic carbocycles. The van der Waals surface area contributed by atoms with Gasteiger partial charge in [-0.1, -0.05) is 60.7 Å². The molecule has 0 unspecified atom stereocenters. The number of carbonyl (C=O) groups excluding carboxylic acids is 1.